The molecule has 1 atom stereocenters. The third-order valence-electron chi connectivity index (χ3n) is 3.31. The van der Waals surface area contributed by atoms with Crippen molar-refractivity contribution in [3.63, 3.8) is 0 Å². The quantitative estimate of drug-likeness (QED) is 0.706. The van der Waals surface area contributed by atoms with E-state index >= 15 is 0 Å². The fraction of sp³-hybridized carbons (Fsp3) is 0.529. The monoisotopic (exact) mass is 321 g/mol. The van der Waals surface area contributed by atoms with Crippen LogP contribution in [0.5, 0.6) is 5.75 Å². The standard InChI is InChI=1S/C17H27N3O3/c1-11(2)14(16(22)19-10-17(3,4)18)20-15(21)12-6-8-13(23-5)9-7-12/h6-9,11,14H,10,18H2,1-5H3,(H,19,22)(H,20,21). The van der Waals surface area contributed by atoms with Gasteiger partial charge in [0.15, 0.2) is 0 Å². The van der Waals surface area contributed by atoms with Crippen molar-refractivity contribution >= 4 is 11.8 Å². The molecule has 2 amide bonds. The molecule has 1 rings (SSSR count). The smallest absolute Gasteiger partial charge is 0.251 e. The van der Waals surface area contributed by atoms with Crippen LogP contribution in [-0.4, -0.2) is 37.0 Å². The first-order valence-electron chi connectivity index (χ1n) is 7.65. The van der Waals surface area contributed by atoms with Gasteiger partial charge in [0.05, 0.1) is 7.11 Å². The second kappa shape index (κ2) is 7.97. The molecular formula is C17H27N3O3. The fourth-order valence-electron chi connectivity index (χ4n) is 1.93. The number of methoxy groups -OCH3 is 1. The number of hydrogen-bond donors (Lipinski definition) is 3. The number of nitrogens with one attached hydrogen (secondary N) is 2. The first kappa shape index (κ1) is 19.0. The Hall–Kier alpha value is -2.08. The van der Waals surface area contributed by atoms with E-state index in [0.29, 0.717) is 17.9 Å². The molecule has 0 saturated carbocycles. The fourth-order valence-corrected chi connectivity index (χ4v) is 1.93. The molecule has 6 nitrogen and oxygen atoms in total. The Labute approximate surface area is 137 Å². The predicted molar refractivity (Wildman–Crippen MR) is 90.4 cm³/mol. The Balaban J connectivity index is 2.74. The summed E-state index contributed by atoms with van der Waals surface area (Å²) in [6, 6.07) is 6.11. The summed E-state index contributed by atoms with van der Waals surface area (Å²) in [6.45, 7) is 7.76. The second-order valence-electron chi connectivity index (χ2n) is 6.63. The van der Waals surface area contributed by atoms with Crippen LogP contribution in [0.4, 0.5) is 0 Å². The lowest BCUT2D eigenvalue weighted by molar-refractivity contribution is -0.124. The Morgan fingerprint density at radius 1 is 1.22 bits per heavy atom. The van der Waals surface area contributed by atoms with Crippen molar-refractivity contribution in [2.45, 2.75) is 39.3 Å². The highest BCUT2D eigenvalue weighted by atomic mass is 16.5. The molecular weight excluding hydrogens is 294 g/mol. The third-order valence-corrected chi connectivity index (χ3v) is 3.31. The summed E-state index contributed by atoms with van der Waals surface area (Å²) in [6.07, 6.45) is 0. The summed E-state index contributed by atoms with van der Waals surface area (Å²) in [7, 11) is 1.56. The van der Waals surface area contributed by atoms with Gasteiger partial charge in [-0.2, -0.15) is 0 Å². The topological polar surface area (TPSA) is 93.4 Å². The lowest BCUT2D eigenvalue weighted by atomic mass is 10.0. The van der Waals surface area contributed by atoms with Crippen LogP contribution >= 0.6 is 0 Å². The minimum atomic E-state index is -0.619. The van der Waals surface area contributed by atoms with Crippen LogP contribution in [0, 0.1) is 5.92 Å². The molecule has 4 N–H and O–H groups in total. The summed E-state index contributed by atoms with van der Waals surface area (Å²) in [5.41, 5.74) is 5.84. The van der Waals surface area contributed by atoms with E-state index in [0.717, 1.165) is 0 Å². The molecule has 0 aromatic heterocycles. The molecule has 0 radical (unpaired) electrons. The second-order valence-corrected chi connectivity index (χ2v) is 6.63. The average molecular weight is 321 g/mol. The van der Waals surface area contributed by atoms with Gasteiger partial charge in [-0.1, -0.05) is 13.8 Å². The number of carbonyl (C=O) groups is 2. The van der Waals surface area contributed by atoms with Gasteiger partial charge in [-0.05, 0) is 44.0 Å². The highest BCUT2D eigenvalue weighted by molar-refractivity contribution is 5.97. The highest BCUT2D eigenvalue weighted by Gasteiger charge is 2.25. The Kier molecular flexibility index (Phi) is 6.57. The number of benzene rings is 1. The van der Waals surface area contributed by atoms with E-state index < -0.39 is 11.6 Å². The van der Waals surface area contributed by atoms with Gasteiger partial charge in [0.25, 0.3) is 5.91 Å². The molecule has 0 heterocycles. The molecule has 1 aromatic carbocycles. The summed E-state index contributed by atoms with van der Waals surface area (Å²) in [5, 5.41) is 5.55. The molecule has 0 aliphatic rings. The van der Waals surface area contributed by atoms with Gasteiger partial charge in [0.2, 0.25) is 5.91 Å². The number of ether oxygens (including phenoxy) is 1. The predicted octanol–water partition coefficient (Wildman–Crippen LogP) is 1.30. The maximum Gasteiger partial charge on any atom is 0.251 e. The van der Waals surface area contributed by atoms with Gasteiger partial charge in [-0.25, -0.2) is 0 Å². The summed E-state index contributed by atoms with van der Waals surface area (Å²) < 4.78 is 5.06. The molecule has 128 valence electrons. The van der Waals surface area contributed by atoms with Crippen LogP contribution in [0.15, 0.2) is 24.3 Å². The maximum absolute atomic E-state index is 12.3. The molecule has 1 unspecified atom stereocenters. The number of amides is 2. The van der Waals surface area contributed by atoms with Crippen LogP contribution in [0.2, 0.25) is 0 Å². The minimum absolute atomic E-state index is 0.0434. The van der Waals surface area contributed by atoms with Crippen molar-refractivity contribution in [1.82, 2.24) is 10.6 Å². The highest BCUT2D eigenvalue weighted by Crippen LogP contribution is 2.12. The van der Waals surface area contributed by atoms with Crippen LogP contribution in [0.3, 0.4) is 0 Å². The molecule has 23 heavy (non-hydrogen) atoms. The number of rotatable bonds is 7. The van der Waals surface area contributed by atoms with Gasteiger partial charge in [0, 0.05) is 17.6 Å². The number of carbonyl (C=O) groups excluding carboxylic acids is 2. The van der Waals surface area contributed by atoms with E-state index in [1.807, 2.05) is 27.7 Å². The van der Waals surface area contributed by atoms with Crippen LogP contribution < -0.4 is 21.1 Å². The normalized spacial score (nSPS) is 12.7. The lowest BCUT2D eigenvalue weighted by Crippen LogP contribution is -2.53. The molecule has 0 bridgehead atoms. The van der Waals surface area contributed by atoms with Gasteiger partial charge >= 0.3 is 0 Å². The molecule has 0 fully saturated rings. The van der Waals surface area contributed by atoms with E-state index in [4.69, 9.17) is 10.5 Å². The van der Waals surface area contributed by atoms with Crippen molar-refractivity contribution < 1.29 is 14.3 Å². The Morgan fingerprint density at radius 3 is 2.22 bits per heavy atom. The van der Waals surface area contributed by atoms with Gasteiger partial charge in [-0.15, -0.1) is 0 Å². The van der Waals surface area contributed by atoms with Gasteiger partial charge in [0.1, 0.15) is 11.8 Å². The van der Waals surface area contributed by atoms with Crippen LogP contribution in [0.25, 0.3) is 0 Å². The van der Waals surface area contributed by atoms with Gasteiger partial charge < -0.3 is 21.1 Å². The molecule has 0 aliphatic heterocycles. The average Bonchev–Trinajstić information content (AvgIpc) is 2.49. The first-order valence-corrected chi connectivity index (χ1v) is 7.65. The molecule has 6 heteroatoms. The Morgan fingerprint density at radius 2 is 1.78 bits per heavy atom. The van der Waals surface area contributed by atoms with Crippen molar-refractivity contribution in [3.05, 3.63) is 29.8 Å². The van der Waals surface area contributed by atoms with E-state index in [9.17, 15) is 9.59 Å². The van der Waals surface area contributed by atoms with E-state index in [1.54, 1.807) is 31.4 Å². The molecule has 0 saturated heterocycles. The number of nitrogens with two attached hydrogens (primary N) is 1. The molecule has 1 aromatic rings. The molecule has 0 aliphatic carbocycles. The van der Waals surface area contributed by atoms with E-state index in [-0.39, 0.29) is 17.7 Å². The zero-order chi connectivity index (χ0) is 17.6. The van der Waals surface area contributed by atoms with Gasteiger partial charge in [-0.3, -0.25) is 9.59 Å². The molecule has 0 spiro atoms. The van der Waals surface area contributed by atoms with Crippen molar-refractivity contribution in [1.29, 1.82) is 0 Å². The maximum atomic E-state index is 12.3. The van der Waals surface area contributed by atoms with E-state index in [2.05, 4.69) is 10.6 Å². The first-order chi connectivity index (χ1) is 10.6. The SMILES string of the molecule is COc1ccc(C(=O)NC(C(=O)NCC(C)(C)N)C(C)C)cc1. The Bertz CT molecular complexity index is 533. The zero-order valence-corrected chi connectivity index (χ0v) is 14.5. The third kappa shape index (κ3) is 6.28. The van der Waals surface area contributed by atoms with E-state index in [1.165, 1.54) is 0 Å². The largest absolute Gasteiger partial charge is 0.497 e. The number of hydrogen-bond acceptors (Lipinski definition) is 4. The zero-order valence-electron chi connectivity index (χ0n) is 14.5. The summed E-state index contributed by atoms with van der Waals surface area (Å²) >= 11 is 0. The van der Waals surface area contributed by atoms with Crippen LogP contribution in [-0.2, 0) is 4.79 Å². The van der Waals surface area contributed by atoms with Crippen molar-refractivity contribution in [2.75, 3.05) is 13.7 Å². The van der Waals surface area contributed by atoms with Crippen molar-refractivity contribution in [3.8, 4) is 5.75 Å². The summed E-state index contributed by atoms with van der Waals surface area (Å²) in [4.78, 5) is 24.6. The summed E-state index contributed by atoms with van der Waals surface area (Å²) in [5.74, 6) is 0.0943. The van der Waals surface area contributed by atoms with Crippen LogP contribution in [0.1, 0.15) is 38.1 Å². The van der Waals surface area contributed by atoms with Crippen molar-refractivity contribution in [2.24, 2.45) is 11.7 Å². The lowest BCUT2D eigenvalue weighted by Gasteiger charge is -2.25. The minimum Gasteiger partial charge on any atom is -0.497 e.